The van der Waals surface area contributed by atoms with Crippen LogP contribution in [0.2, 0.25) is 0 Å². The third-order valence-electron chi connectivity index (χ3n) is 2.32. The zero-order valence-corrected chi connectivity index (χ0v) is 10.2. The van der Waals surface area contributed by atoms with E-state index in [2.05, 4.69) is 5.32 Å². The van der Waals surface area contributed by atoms with Crippen molar-refractivity contribution < 1.29 is 9.13 Å². The molecule has 0 aliphatic heterocycles. The summed E-state index contributed by atoms with van der Waals surface area (Å²) in [7, 11) is 0. The van der Waals surface area contributed by atoms with Gasteiger partial charge < -0.3 is 10.1 Å². The van der Waals surface area contributed by atoms with Crippen molar-refractivity contribution in [2.45, 2.75) is 32.9 Å². The van der Waals surface area contributed by atoms with Crippen LogP contribution in [0.25, 0.3) is 0 Å². The van der Waals surface area contributed by atoms with Gasteiger partial charge in [0.2, 0.25) is 0 Å². The Hall–Kier alpha value is -0.930. The number of nitrogens with one attached hydrogen (secondary N) is 1. The van der Waals surface area contributed by atoms with E-state index in [9.17, 15) is 4.39 Å². The quantitative estimate of drug-likeness (QED) is 0.803. The van der Waals surface area contributed by atoms with Gasteiger partial charge in [0.05, 0.1) is 18.8 Å². The fraction of sp³-hybridized carbons (Fsp3) is 0.538. The van der Waals surface area contributed by atoms with E-state index in [1.165, 1.54) is 12.1 Å². The first-order chi connectivity index (χ1) is 7.63. The predicted octanol–water partition coefficient (Wildman–Crippen LogP) is 2.90. The number of benzene rings is 1. The van der Waals surface area contributed by atoms with Crippen molar-refractivity contribution in [2.24, 2.45) is 0 Å². The van der Waals surface area contributed by atoms with Crippen LogP contribution in [0.4, 0.5) is 4.39 Å². The minimum Gasteiger partial charge on any atom is -0.377 e. The molecule has 90 valence electrons. The SMILES string of the molecule is CCNC(COC(C)C)c1ccc(F)cc1. The molecule has 1 rings (SSSR count). The van der Waals surface area contributed by atoms with Crippen LogP contribution in [0.5, 0.6) is 0 Å². The summed E-state index contributed by atoms with van der Waals surface area (Å²) in [5, 5.41) is 3.33. The molecule has 0 radical (unpaired) electrons. The first-order valence-corrected chi connectivity index (χ1v) is 5.74. The van der Waals surface area contributed by atoms with Gasteiger partial charge in [0.15, 0.2) is 0 Å². The summed E-state index contributed by atoms with van der Waals surface area (Å²) in [5.41, 5.74) is 1.06. The van der Waals surface area contributed by atoms with Gasteiger partial charge >= 0.3 is 0 Å². The van der Waals surface area contributed by atoms with Crippen molar-refractivity contribution in [3.8, 4) is 0 Å². The summed E-state index contributed by atoms with van der Waals surface area (Å²) < 4.78 is 18.4. The predicted molar refractivity (Wildman–Crippen MR) is 63.9 cm³/mol. The lowest BCUT2D eigenvalue weighted by molar-refractivity contribution is 0.0614. The number of hydrogen-bond acceptors (Lipinski definition) is 2. The Kier molecular flexibility index (Phi) is 5.43. The zero-order valence-electron chi connectivity index (χ0n) is 10.2. The molecule has 0 heterocycles. The van der Waals surface area contributed by atoms with Crippen LogP contribution in [0, 0.1) is 5.82 Å². The minimum absolute atomic E-state index is 0.132. The van der Waals surface area contributed by atoms with Gasteiger partial charge in [-0.05, 0) is 38.1 Å². The lowest BCUT2D eigenvalue weighted by Crippen LogP contribution is -2.26. The summed E-state index contributed by atoms with van der Waals surface area (Å²) in [5.74, 6) is -0.205. The van der Waals surface area contributed by atoms with E-state index < -0.39 is 0 Å². The lowest BCUT2D eigenvalue weighted by Gasteiger charge is -2.19. The van der Waals surface area contributed by atoms with Crippen molar-refractivity contribution in [3.63, 3.8) is 0 Å². The standard InChI is InChI=1S/C13H20FNO/c1-4-15-13(9-16-10(2)3)11-5-7-12(14)8-6-11/h5-8,10,13,15H,4,9H2,1-3H3. The molecule has 2 nitrogen and oxygen atoms in total. The normalized spacial score (nSPS) is 13.1. The average molecular weight is 225 g/mol. The molecule has 0 fully saturated rings. The first-order valence-electron chi connectivity index (χ1n) is 5.74. The maximum atomic E-state index is 12.8. The molecule has 0 bridgehead atoms. The second-order valence-corrected chi connectivity index (χ2v) is 4.04. The molecule has 1 aromatic rings. The van der Waals surface area contributed by atoms with E-state index in [1.807, 2.05) is 20.8 Å². The molecule has 0 aliphatic carbocycles. The first kappa shape index (κ1) is 13.1. The molecular formula is C13H20FNO. The van der Waals surface area contributed by atoms with Crippen LogP contribution >= 0.6 is 0 Å². The number of hydrogen-bond donors (Lipinski definition) is 1. The Labute approximate surface area is 96.8 Å². The van der Waals surface area contributed by atoms with Gasteiger partial charge in [-0.1, -0.05) is 19.1 Å². The second-order valence-electron chi connectivity index (χ2n) is 4.04. The number of ether oxygens (including phenoxy) is 1. The van der Waals surface area contributed by atoms with Crippen molar-refractivity contribution >= 4 is 0 Å². The summed E-state index contributed by atoms with van der Waals surface area (Å²) >= 11 is 0. The highest BCUT2D eigenvalue weighted by Gasteiger charge is 2.11. The Morgan fingerprint density at radius 3 is 2.38 bits per heavy atom. The maximum Gasteiger partial charge on any atom is 0.123 e. The number of likely N-dealkylation sites (N-methyl/N-ethyl adjacent to an activating group) is 1. The molecule has 1 unspecified atom stereocenters. The second kappa shape index (κ2) is 6.61. The Balaban J connectivity index is 2.64. The minimum atomic E-state index is -0.205. The Morgan fingerprint density at radius 1 is 1.25 bits per heavy atom. The summed E-state index contributed by atoms with van der Waals surface area (Å²) in [4.78, 5) is 0. The van der Waals surface area contributed by atoms with Gasteiger partial charge in [0, 0.05) is 0 Å². The molecule has 0 aromatic heterocycles. The highest BCUT2D eigenvalue weighted by atomic mass is 19.1. The summed E-state index contributed by atoms with van der Waals surface area (Å²) in [6, 6.07) is 6.69. The molecule has 0 amide bonds. The molecule has 16 heavy (non-hydrogen) atoms. The van der Waals surface area contributed by atoms with Gasteiger partial charge in [-0.15, -0.1) is 0 Å². The highest BCUT2D eigenvalue weighted by Crippen LogP contribution is 2.14. The van der Waals surface area contributed by atoms with E-state index in [0.717, 1.165) is 12.1 Å². The van der Waals surface area contributed by atoms with Crippen LogP contribution in [0.3, 0.4) is 0 Å². The molecule has 1 aromatic carbocycles. The smallest absolute Gasteiger partial charge is 0.123 e. The molecule has 1 N–H and O–H groups in total. The van der Waals surface area contributed by atoms with Crippen molar-refractivity contribution in [1.29, 1.82) is 0 Å². The topological polar surface area (TPSA) is 21.3 Å². The number of rotatable bonds is 6. The van der Waals surface area contributed by atoms with Crippen LogP contribution in [0.1, 0.15) is 32.4 Å². The zero-order chi connectivity index (χ0) is 12.0. The van der Waals surface area contributed by atoms with Gasteiger partial charge in [-0.2, -0.15) is 0 Å². The molecule has 0 saturated carbocycles. The van der Waals surface area contributed by atoms with Crippen LogP contribution in [-0.4, -0.2) is 19.3 Å². The van der Waals surface area contributed by atoms with E-state index in [1.54, 1.807) is 12.1 Å². The molecule has 1 atom stereocenters. The van der Waals surface area contributed by atoms with Gasteiger partial charge in [-0.25, -0.2) is 4.39 Å². The Bertz CT molecular complexity index is 297. The largest absolute Gasteiger partial charge is 0.377 e. The monoisotopic (exact) mass is 225 g/mol. The Morgan fingerprint density at radius 2 is 1.88 bits per heavy atom. The summed E-state index contributed by atoms with van der Waals surface area (Å²) in [6.07, 6.45) is 0.210. The van der Waals surface area contributed by atoms with Crippen LogP contribution in [-0.2, 0) is 4.74 Å². The van der Waals surface area contributed by atoms with Crippen molar-refractivity contribution in [3.05, 3.63) is 35.6 Å². The van der Waals surface area contributed by atoms with Crippen molar-refractivity contribution in [1.82, 2.24) is 5.32 Å². The van der Waals surface area contributed by atoms with Crippen molar-refractivity contribution in [2.75, 3.05) is 13.2 Å². The molecule has 3 heteroatoms. The van der Waals surface area contributed by atoms with E-state index in [-0.39, 0.29) is 18.0 Å². The van der Waals surface area contributed by atoms with Gasteiger partial charge in [0.25, 0.3) is 0 Å². The fourth-order valence-electron chi connectivity index (χ4n) is 1.50. The molecule has 0 spiro atoms. The third-order valence-corrected chi connectivity index (χ3v) is 2.32. The lowest BCUT2D eigenvalue weighted by atomic mass is 10.1. The number of halogens is 1. The van der Waals surface area contributed by atoms with E-state index >= 15 is 0 Å². The van der Waals surface area contributed by atoms with Gasteiger partial charge in [0.1, 0.15) is 5.82 Å². The molecular weight excluding hydrogens is 205 g/mol. The fourth-order valence-corrected chi connectivity index (χ4v) is 1.50. The average Bonchev–Trinajstić information content (AvgIpc) is 2.25. The van der Waals surface area contributed by atoms with Gasteiger partial charge in [-0.3, -0.25) is 0 Å². The van der Waals surface area contributed by atoms with Crippen LogP contribution in [0.15, 0.2) is 24.3 Å². The molecule has 0 aliphatic rings. The third kappa shape index (κ3) is 4.29. The summed E-state index contributed by atoms with van der Waals surface area (Å²) in [6.45, 7) is 7.54. The maximum absolute atomic E-state index is 12.8. The highest BCUT2D eigenvalue weighted by molar-refractivity contribution is 5.20. The van der Waals surface area contributed by atoms with E-state index in [0.29, 0.717) is 6.61 Å². The van der Waals surface area contributed by atoms with E-state index in [4.69, 9.17) is 4.74 Å². The molecule has 0 saturated heterocycles. The van der Waals surface area contributed by atoms with Crippen LogP contribution < -0.4 is 5.32 Å².